The molecule has 0 aliphatic carbocycles. The number of aryl methyl sites for hydroxylation is 1. The summed E-state index contributed by atoms with van der Waals surface area (Å²) in [4.78, 5) is 0. The largest absolute Gasteiger partial charge is 0.192 e. The van der Waals surface area contributed by atoms with E-state index in [2.05, 4.69) is 28.9 Å². The van der Waals surface area contributed by atoms with Crippen LogP contribution < -0.4 is 0 Å². The van der Waals surface area contributed by atoms with Gasteiger partial charge in [-0.1, -0.05) is 76.3 Å². The number of nitrogens with zero attached hydrogens (tertiary/aromatic N) is 1. The molecule has 1 aromatic carbocycles. The topological polar surface area (TPSA) is 23.8 Å². The molecule has 0 saturated carbocycles. The average molecular weight is 385 g/mol. The molecule has 0 heterocycles. The van der Waals surface area contributed by atoms with Crippen molar-refractivity contribution < 1.29 is 0 Å². The molecule has 1 rings (SSSR count). The number of rotatable bonds is 11. The lowest BCUT2D eigenvalue weighted by Crippen LogP contribution is -1.90. The van der Waals surface area contributed by atoms with Crippen LogP contribution in [-0.2, 0) is 6.42 Å². The summed E-state index contributed by atoms with van der Waals surface area (Å²) in [6.45, 7) is 2.26. The Morgan fingerprint density at radius 2 is 1.50 bits per heavy atom. The van der Waals surface area contributed by atoms with Gasteiger partial charge in [-0.3, -0.25) is 0 Å². The lowest BCUT2D eigenvalue weighted by Gasteiger charge is -2.06. The summed E-state index contributed by atoms with van der Waals surface area (Å²) in [6, 6.07) is 6.08. The van der Waals surface area contributed by atoms with Crippen molar-refractivity contribution in [1.82, 2.24) is 0 Å². The second-order valence-electron chi connectivity index (χ2n) is 5.98. The maximum atomic E-state index is 8.99. The number of benzene rings is 1. The van der Waals surface area contributed by atoms with Crippen molar-refractivity contribution >= 4 is 27.5 Å². The Morgan fingerprint density at radius 3 is 2.00 bits per heavy atom. The van der Waals surface area contributed by atoms with Crippen molar-refractivity contribution in [2.24, 2.45) is 0 Å². The van der Waals surface area contributed by atoms with Crippen LogP contribution in [0.4, 0.5) is 0 Å². The predicted molar refractivity (Wildman–Crippen MR) is 99.4 cm³/mol. The molecule has 0 aliphatic rings. The molecule has 0 radical (unpaired) electrons. The van der Waals surface area contributed by atoms with Crippen LogP contribution in [0.15, 0.2) is 16.6 Å². The van der Waals surface area contributed by atoms with E-state index in [0.29, 0.717) is 10.6 Å². The molecule has 0 atom stereocenters. The van der Waals surface area contributed by atoms with Crippen molar-refractivity contribution in [1.29, 1.82) is 5.26 Å². The first kappa shape index (κ1) is 19.5. The molecule has 3 heteroatoms. The molecule has 0 saturated heterocycles. The molecule has 22 heavy (non-hydrogen) atoms. The summed E-state index contributed by atoms with van der Waals surface area (Å²) in [5, 5.41) is 9.54. The molecular formula is C19H27BrClN. The fraction of sp³-hybridized carbons (Fsp3) is 0.632. The smallest absolute Gasteiger partial charge is 0.102 e. The molecule has 0 fully saturated rings. The monoisotopic (exact) mass is 383 g/mol. The average Bonchev–Trinajstić information content (AvgIpc) is 2.49. The number of hydrogen-bond donors (Lipinski definition) is 0. The normalized spacial score (nSPS) is 10.6. The number of hydrogen-bond acceptors (Lipinski definition) is 1. The second-order valence-corrected chi connectivity index (χ2v) is 7.24. The van der Waals surface area contributed by atoms with E-state index in [4.69, 9.17) is 16.9 Å². The minimum atomic E-state index is 0.536. The minimum Gasteiger partial charge on any atom is -0.192 e. The Hall–Kier alpha value is -0.520. The van der Waals surface area contributed by atoms with Crippen molar-refractivity contribution in [2.75, 3.05) is 0 Å². The summed E-state index contributed by atoms with van der Waals surface area (Å²) < 4.78 is 0.810. The Labute approximate surface area is 149 Å². The van der Waals surface area contributed by atoms with Gasteiger partial charge >= 0.3 is 0 Å². The van der Waals surface area contributed by atoms with Gasteiger partial charge in [-0.25, -0.2) is 0 Å². The lowest BCUT2D eigenvalue weighted by molar-refractivity contribution is 0.556. The van der Waals surface area contributed by atoms with E-state index in [1.165, 1.54) is 69.8 Å². The van der Waals surface area contributed by atoms with Crippen LogP contribution in [0, 0.1) is 11.3 Å². The minimum absolute atomic E-state index is 0.536. The van der Waals surface area contributed by atoms with E-state index in [1.807, 2.05) is 12.1 Å². The Bertz CT molecular complexity index is 456. The highest BCUT2D eigenvalue weighted by molar-refractivity contribution is 9.10. The third-order valence-corrected chi connectivity index (χ3v) is 4.96. The van der Waals surface area contributed by atoms with E-state index in [1.54, 1.807) is 0 Å². The summed E-state index contributed by atoms with van der Waals surface area (Å²) >= 11 is 9.54. The molecule has 122 valence electrons. The highest BCUT2D eigenvalue weighted by Crippen LogP contribution is 2.27. The standard InChI is InChI=1S/C19H27BrClN/c1-2-3-4-5-6-7-8-9-10-11-12-16-13-18(20)17(15-22)19(21)14-16/h13-14H,2-12H2,1H3. The highest BCUT2D eigenvalue weighted by Gasteiger charge is 2.07. The van der Waals surface area contributed by atoms with E-state index in [0.717, 1.165) is 10.9 Å². The zero-order valence-corrected chi connectivity index (χ0v) is 16.0. The van der Waals surface area contributed by atoms with Crippen LogP contribution in [0.25, 0.3) is 0 Å². The van der Waals surface area contributed by atoms with Gasteiger partial charge < -0.3 is 0 Å². The number of nitriles is 1. The molecule has 0 spiro atoms. The van der Waals surface area contributed by atoms with Crippen LogP contribution in [-0.4, -0.2) is 0 Å². The SMILES string of the molecule is CCCCCCCCCCCCc1cc(Cl)c(C#N)c(Br)c1. The molecule has 0 aromatic heterocycles. The maximum absolute atomic E-state index is 8.99. The summed E-state index contributed by atoms with van der Waals surface area (Å²) in [5.41, 5.74) is 1.75. The van der Waals surface area contributed by atoms with Crippen molar-refractivity contribution in [3.05, 3.63) is 32.8 Å². The van der Waals surface area contributed by atoms with Crippen LogP contribution in [0.5, 0.6) is 0 Å². The fourth-order valence-corrected chi connectivity index (χ4v) is 3.69. The van der Waals surface area contributed by atoms with Gasteiger partial charge in [0.1, 0.15) is 6.07 Å². The number of halogens is 2. The first-order valence-electron chi connectivity index (χ1n) is 8.57. The summed E-state index contributed by atoms with van der Waals surface area (Å²) in [5.74, 6) is 0. The van der Waals surface area contributed by atoms with Gasteiger partial charge in [0, 0.05) is 4.47 Å². The zero-order chi connectivity index (χ0) is 16.2. The van der Waals surface area contributed by atoms with E-state index >= 15 is 0 Å². The predicted octanol–water partition coefficient (Wildman–Crippen LogP) is 7.44. The molecule has 0 bridgehead atoms. The fourth-order valence-electron chi connectivity index (χ4n) is 2.69. The summed E-state index contributed by atoms with van der Waals surface area (Å²) in [6.07, 6.45) is 14.5. The van der Waals surface area contributed by atoms with Gasteiger partial charge in [0.05, 0.1) is 10.6 Å². The van der Waals surface area contributed by atoms with Crippen molar-refractivity contribution in [2.45, 2.75) is 77.6 Å². The molecular weight excluding hydrogens is 358 g/mol. The van der Waals surface area contributed by atoms with E-state index in [9.17, 15) is 0 Å². The van der Waals surface area contributed by atoms with Crippen LogP contribution in [0.1, 0.15) is 82.3 Å². The molecule has 1 aromatic rings. The molecule has 0 unspecified atom stereocenters. The number of unbranched alkanes of at least 4 members (excludes halogenated alkanes) is 9. The molecule has 0 amide bonds. The molecule has 0 N–H and O–H groups in total. The van der Waals surface area contributed by atoms with Gasteiger partial charge in [-0.2, -0.15) is 5.26 Å². The van der Waals surface area contributed by atoms with Gasteiger partial charge in [0.15, 0.2) is 0 Å². The third kappa shape index (κ3) is 7.65. The first-order valence-corrected chi connectivity index (χ1v) is 9.74. The first-order chi connectivity index (χ1) is 10.7. The molecule has 1 nitrogen and oxygen atoms in total. The van der Waals surface area contributed by atoms with Crippen molar-refractivity contribution in [3.63, 3.8) is 0 Å². The maximum Gasteiger partial charge on any atom is 0.102 e. The Kier molecular flexibility index (Phi) is 10.6. The van der Waals surface area contributed by atoms with Gasteiger partial charge in [0.2, 0.25) is 0 Å². The quantitative estimate of drug-likeness (QED) is 0.364. The van der Waals surface area contributed by atoms with Gasteiger partial charge in [-0.05, 0) is 46.5 Å². The van der Waals surface area contributed by atoms with Crippen LogP contribution >= 0.6 is 27.5 Å². The van der Waals surface area contributed by atoms with Gasteiger partial charge in [0.25, 0.3) is 0 Å². The lowest BCUT2D eigenvalue weighted by atomic mass is 10.0. The third-order valence-electron chi connectivity index (χ3n) is 4.03. The second kappa shape index (κ2) is 12.0. The van der Waals surface area contributed by atoms with E-state index in [-0.39, 0.29) is 0 Å². The molecule has 0 aliphatic heterocycles. The van der Waals surface area contributed by atoms with Gasteiger partial charge in [-0.15, -0.1) is 0 Å². The Balaban J connectivity index is 2.12. The zero-order valence-electron chi connectivity index (χ0n) is 13.6. The van der Waals surface area contributed by atoms with Crippen LogP contribution in [0.3, 0.4) is 0 Å². The van der Waals surface area contributed by atoms with Crippen LogP contribution in [0.2, 0.25) is 5.02 Å². The van der Waals surface area contributed by atoms with Crippen molar-refractivity contribution in [3.8, 4) is 6.07 Å². The van der Waals surface area contributed by atoms with E-state index < -0.39 is 0 Å². The highest BCUT2D eigenvalue weighted by atomic mass is 79.9. The Morgan fingerprint density at radius 1 is 0.955 bits per heavy atom. The summed E-state index contributed by atoms with van der Waals surface area (Å²) in [7, 11) is 0.